The molecule has 0 saturated carbocycles. The van der Waals surface area contributed by atoms with E-state index in [0.717, 1.165) is 24.8 Å². The van der Waals surface area contributed by atoms with Crippen molar-refractivity contribution in [3.8, 4) is 11.5 Å². The van der Waals surface area contributed by atoms with Gasteiger partial charge in [0.05, 0.1) is 16.9 Å². The number of hydrogen-bond donors (Lipinski definition) is 1. The van der Waals surface area contributed by atoms with Gasteiger partial charge in [0.2, 0.25) is 10.0 Å². The minimum Gasteiger partial charge on any atom is -0.454 e. The zero-order valence-electron chi connectivity index (χ0n) is 21.2. The molecule has 0 unspecified atom stereocenters. The van der Waals surface area contributed by atoms with Crippen molar-refractivity contribution in [2.24, 2.45) is 5.92 Å². The number of rotatable bonds is 3. The Kier molecular flexibility index (Phi) is 5.96. The number of amides is 1. The van der Waals surface area contributed by atoms with Crippen LogP contribution in [-0.4, -0.2) is 38.3 Å². The van der Waals surface area contributed by atoms with Crippen molar-refractivity contribution in [2.75, 3.05) is 29.9 Å². The summed E-state index contributed by atoms with van der Waals surface area (Å²) in [4.78, 5) is 15.6. The second kappa shape index (κ2) is 9.19. The molecule has 1 N–H and O–H groups in total. The first-order chi connectivity index (χ1) is 17.8. The first kappa shape index (κ1) is 24.0. The highest BCUT2D eigenvalue weighted by molar-refractivity contribution is 7.89. The van der Waals surface area contributed by atoms with Gasteiger partial charge in [-0.25, -0.2) is 8.42 Å². The van der Waals surface area contributed by atoms with Crippen molar-refractivity contribution in [3.63, 3.8) is 0 Å². The topological polar surface area (TPSA) is 79.0 Å². The number of anilines is 2. The first-order valence-corrected chi connectivity index (χ1v) is 14.3. The molecule has 3 heterocycles. The fraction of sp³-hybridized carbons (Fsp3) is 0.345. The van der Waals surface area contributed by atoms with E-state index in [2.05, 4.69) is 29.3 Å². The van der Waals surface area contributed by atoms with Crippen LogP contribution in [0.4, 0.5) is 11.4 Å². The van der Waals surface area contributed by atoms with Crippen LogP contribution in [0.1, 0.15) is 46.8 Å². The molecule has 192 valence electrons. The summed E-state index contributed by atoms with van der Waals surface area (Å²) in [5.74, 6) is 1.02. The highest BCUT2D eigenvalue weighted by Crippen LogP contribution is 2.42. The van der Waals surface area contributed by atoms with Crippen LogP contribution in [0.3, 0.4) is 0 Å². The fourth-order valence-corrected chi connectivity index (χ4v) is 7.16. The van der Waals surface area contributed by atoms with Gasteiger partial charge in [0.25, 0.3) is 5.91 Å². The van der Waals surface area contributed by atoms with Crippen LogP contribution in [0.15, 0.2) is 59.5 Å². The zero-order chi connectivity index (χ0) is 25.7. The van der Waals surface area contributed by atoms with Crippen LogP contribution < -0.4 is 15.0 Å². The third kappa shape index (κ3) is 4.38. The van der Waals surface area contributed by atoms with Gasteiger partial charge in [0.1, 0.15) is 10.6 Å². The predicted molar refractivity (Wildman–Crippen MR) is 144 cm³/mol. The van der Waals surface area contributed by atoms with Gasteiger partial charge in [-0.15, -0.1) is 0 Å². The average Bonchev–Trinajstić information content (AvgIpc) is 3.03. The summed E-state index contributed by atoms with van der Waals surface area (Å²) < 4.78 is 36.0. The van der Waals surface area contributed by atoms with Gasteiger partial charge >= 0.3 is 0 Å². The summed E-state index contributed by atoms with van der Waals surface area (Å²) >= 11 is 0. The Morgan fingerprint density at radius 2 is 1.70 bits per heavy atom. The van der Waals surface area contributed by atoms with Gasteiger partial charge < -0.3 is 15.0 Å². The lowest BCUT2D eigenvalue weighted by Gasteiger charge is -2.35. The van der Waals surface area contributed by atoms with E-state index in [1.807, 2.05) is 37.3 Å². The number of fused-ring (bicyclic) bond motifs is 3. The summed E-state index contributed by atoms with van der Waals surface area (Å²) in [6.45, 7) is 6.34. The van der Waals surface area contributed by atoms with E-state index in [0.29, 0.717) is 55.0 Å². The molecule has 0 radical (unpaired) electrons. The average molecular weight is 518 g/mol. The Balaban J connectivity index is 1.48. The van der Waals surface area contributed by atoms with Crippen LogP contribution >= 0.6 is 0 Å². The lowest BCUT2D eigenvalue weighted by molar-refractivity contribution is 0.102. The monoisotopic (exact) mass is 517 g/mol. The molecule has 0 bridgehead atoms. The van der Waals surface area contributed by atoms with Crippen molar-refractivity contribution in [1.82, 2.24) is 4.31 Å². The Labute approximate surface area is 218 Å². The molecule has 3 aromatic rings. The van der Waals surface area contributed by atoms with Gasteiger partial charge in [0, 0.05) is 32.2 Å². The van der Waals surface area contributed by atoms with Crippen molar-refractivity contribution in [2.45, 2.75) is 44.6 Å². The number of ether oxygens (including phenoxy) is 1. The highest BCUT2D eigenvalue weighted by Gasteiger charge is 2.35. The maximum Gasteiger partial charge on any atom is 0.259 e. The molecule has 0 aliphatic carbocycles. The SMILES string of the molecule is Cc1ccc2c(c1)NC(=O)c1cc(S(=O)(=O)N3CCC(C)CC3)c(N3CCc4ccccc4C3)cc1O2. The standard InChI is InChI=1S/C29H31N3O4S/c1-19-9-13-32(14-10-19)37(34,35)28-16-23-27(36-26-8-7-20(2)15-24(26)30-29(23)33)17-25(28)31-12-11-21-5-3-4-6-22(21)18-31/h3-8,15-17,19H,9-14,18H2,1-2H3,(H,30,33). The molecule has 0 atom stereocenters. The minimum absolute atomic E-state index is 0.168. The van der Waals surface area contributed by atoms with Gasteiger partial charge in [-0.2, -0.15) is 4.31 Å². The minimum atomic E-state index is -3.83. The van der Waals surface area contributed by atoms with E-state index in [1.54, 1.807) is 10.4 Å². The molecule has 1 fully saturated rings. The number of nitrogens with zero attached hydrogens (tertiary/aromatic N) is 2. The summed E-state index contributed by atoms with van der Waals surface area (Å²) in [5, 5.41) is 2.91. The molecular weight excluding hydrogens is 486 g/mol. The fourth-order valence-electron chi connectivity index (χ4n) is 5.47. The number of benzene rings is 3. The first-order valence-electron chi connectivity index (χ1n) is 12.9. The number of hydrogen-bond acceptors (Lipinski definition) is 5. The molecule has 0 spiro atoms. The van der Waals surface area contributed by atoms with E-state index < -0.39 is 10.0 Å². The molecule has 0 aromatic heterocycles. The van der Waals surface area contributed by atoms with Gasteiger partial charge in [-0.3, -0.25) is 4.79 Å². The van der Waals surface area contributed by atoms with Crippen molar-refractivity contribution < 1.29 is 17.9 Å². The number of sulfonamides is 1. The van der Waals surface area contributed by atoms with Gasteiger partial charge in [-0.05, 0) is 67.0 Å². The van der Waals surface area contributed by atoms with Crippen molar-refractivity contribution >= 4 is 27.3 Å². The van der Waals surface area contributed by atoms with Gasteiger partial charge in [-0.1, -0.05) is 37.3 Å². The van der Waals surface area contributed by atoms with E-state index in [1.165, 1.54) is 17.2 Å². The molecule has 37 heavy (non-hydrogen) atoms. The summed E-state index contributed by atoms with van der Waals surface area (Å²) in [5.41, 5.74) is 4.82. The quantitative estimate of drug-likeness (QED) is 0.508. The third-order valence-electron chi connectivity index (χ3n) is 7.74. The predicted octanol–water partition coefficient (Wildman–Crippen LogP) is 5.34. The molecule has 7 nitrogen and oxygen atoms in total. The van der Waals surface area contributed by atoms with Gasteiger partial charge in [0.15, 0.2) is 5.75 Å². The van der Waals surface area contributed by atoms with Crippen molar-refractivity contribution in [1.29, 1.82) is 0 Å². The second-order valence-electron chi connectivity index (χ2n) is 10.4. The van der Waals surface area contributed by atoms with Crippen LogP contribution in [0, 0.1) is 12.8 Å². The molecule has 3 aromatic carbocycles. The normalized spacial score (nSPS) is 18.2. The van der Waals surface area contributed by atoms with E-state index in [-0.39, 0.29) is 16.4 Å². The van der Waals surface area contributed by atoms with Crippen LogP contribution in [0.2, 0.25) is 0 Å². The van der Waals surface area contributed by atoms with Crippen LogP contribution in [-0.2, 0) is 23.0 Å². The number of carbonyl (C=O) groups excluding carboxylic acids is 1. The largest absolute Gasteiger partial charge is 0.454 e. The Hall–Kier alpha value is -3.36. The number of piperidine rings is 1. The molecule has 1 amide bonds. The lowest BCUT2D eigenvalue weighted by Crippen LogP contribution is -2.39. The van der Waals surface area contributed by atoms with E-state index in [9.17, 15) is 13.2 Å². The zero-order valence-corrected chi connectivity index (χ0v) is 22.0. The van der Waals surface area contributed by atoms with Crippen LogP contribution in [0.25, 0.3) is 0 Å². The lowest BCUT2D eigenvalue weighted by atomic mass is 9.99. The number of aryl methyl sites for hydroxylation is 1. The molecule has 1 saturated heterocycles. The number of carbonyl (C=O) groups is 1. The summed E-state index contributed by atoms with van der Waals surface area (Å²) in [7, 11) is -3.83. The molecule has 3 aliphatic rings. The van der Waals surface area contributed by atoms with E-state index >= 15 is 0 Å². The third-order valence-corrected chi connectivity index (χ3v) is 9.67. The maximum absolute atomic E-state index is 14.1. The Morgan fingerprint density at radius 3 is 2.49 bits per heavy atom. The Bertz CT molecular complexity index is 1490. The second-order valence-corrected chi connectivity index (χ2v) is 12.3. The highest BCUT2D eigenvalue weighted by atomic mass is 32.2. The molecule has 6 rings (SSSR count). The number of nitrogens with one attached hydrogen (secondary N) is 1. The van der Waals surface area contributed by atoms with Crippen LogP contribution in [0.5, 0.6) is 11.5 Å². The van der Waals surface area contributed by atoms with E-state index in [4.69, 9.17) is 4.74 Å². The molecular formula is C29H31N3O4S. The smallest absolute Gasteiger partial charge is 0.259 e. The molecule has 8 heteroatoms. The summed E-state index contributed by atoms with van der Waals surface area (Å²) in [6, 6.07) is 17.1. The maximum atomic E-state index is 14.1. The summed E-state index contributed by atoms with van der Waals surface area (Å²) in [6.07, 6.45) is 2.47. The molecule has 3 aliphatic heterocycles. The van der Waals surface area contributed by atoms with Crippen molar-refractivity contribution in [3.05, 3.63) is 76.9 Å². The Morgan fingerprint density at radius 1 is 0.946 bits per heavy atom.